The molecule has 128 valence electrons. The van der Waals surface area contributed by atoms with Crippen LogP contribution in [0.3, 0.4) is 0 Å². The molecule has 0 heterocycles. The molecular weight excluding hydrogens is 330 g/mol. The van der Waals surface area contributed by atoms with Crippen LogP contribution in [0.25, 0.3) is 0 Å². The minimum atomic E-state index is -5.79. The lowest BCUT2D eigenvalue weighted by Crippen LogP contribution is -2.46. The predicted octanol–water partition coefficient (Wildman–Crippen LogP) is 4.43. The third-order valence-corrected chi connectivity index (χ3v) is 2.60. The molecule has 0 aliphatic heterocycles. The van der Waals surface area contributed by atoms with Crippen LogP contribution in [0, 0.1) is 0 Å². The van der Waals surface area contributed by atoms with Gasteiger partial charge in [-0.25, -0.2) is 4.79 Å². The first-order valence-corrected chi connectivity index (χ1v) is 6.21. The number of carbonyl (C=O) groups is 1. The highest BCUT2D eigenvalue weighted by molar-refractivity contribution is 5.61. The number of hydrogen-bond donors (Lipinski definition) is 0. The van der Waals surface area contributed by atoms with Gasteiger partial charge in [0.1, 0.15) is 6.10 Å². The fourth-order valence-electron chi connectivity index (χ4n) is 1.59. The lowest BCUT2D eigenvalue weighted by molar-refractivity contribution is -0.310. The van der Waals surface area contributed by atoms with Gasteiger partial charge in [-0.2, -0.15) is 26.3 Å². The SMILES string of the molecule is C=C[C@H](Cc1ccccc1)OC(=O)OC(C(F)(F)F)C(F)(F)F. The molecule has 1 atom stereocenters. The Hall–Kier alpha value is -2.19. The van der Waals surface area contributed by atoms with E-state index in [1.165, 1.54) is 0 Å². The topological polar surface area (TPSA) is 35.5 Å². The zero-order valence-corrected chi connectivity index (χ0v) is 11.5. The molecule has 0 saturated heterocycles. The Morgan fingerprint density at radius 1 is 1.04 bits per heavy atom. The number of alkyl halides is 6. The highest BCUT2D eigenvalue weighted by Gasteiger charge is 2.60. The van der Waals surface area contributed by atoms with Gasteiger partial charge in [-0.3, -0.25) is 0 Å². The predicted molar refractivity (Wildman–Crippen MR) is 67.6 cm³/mol. The van der Waals surface area contributed by atoms with E-state index in [-0.39, 0.29) is 6.42 Å². The van der Waals surface area contributed by atoms with Crippen molar-refractivity contribution in [1.29, 1.82) is 0 Å². The highest BCUT2D eigenvalue weighted by atomic mass is 19.4. The minimum absolute atomic E-state index is 0.0299. The van der Waals surface area contributed by atoms with Crippen LogP contribution in [0.4, 0.5) is 31.1 Å². The number of carbonyl (C=O) groups excluding carboxylic acids is 1. The molecule has 0 spiro atoms. The minimum Gasteiger partial charge on any atom is -0.426 e. The molecule has 0 aromatic heterocycles. The quantitative estimate of drug-likeness (QED) is 0.451. The van der Waals surface area contributed by atoms with E-state index in [1.807, 2.05) is 0 Å². The van der Waals surface area contributed by atoms with Crippen LogP contribution < -0.4 is 0 Å². The molecule has 0 aliphatic rings. The number of rotatable bonds is 5. The molecule has 0 radical (unpaired) electrons. The van der Waals surface area contributed by atoms with Crippen LogP contribution in [-0.4, -0.2) is 30.7 Å². The van der Waals surface area contributed by atoms with Crippen molar-refractivity contribution in [2.75, 3.05) is 0 Å². The molecule has 0 unspecified atom stereocenters. The first kappa shape index (κ1) is 18.9. The van der Waals surface area contributed by atoms with Gasteiger partial charge in [-0.05, 0) is 5.56 Å². The summed E-state index contributed by atoms with van der Waals surface area (Å²) in [5.41, 5.74) is 0.647. The van der Waals surface area contributed by atoms with E-state index in [9.17, 15) is 31.1 Å². The van der Waals surface area contributed by atoms with Crippen LogP contribution in [0.2, 0.25) is 0 Å². The maximum atomic E-state index is 12.3. The van der Waals surface area contributed by atoms with E-state index in [4.69, 9.17) is 0 Å². The first-order valence-electron chi connectivity index (χ1n) is 6.21. The van der Waals surface area contributed by atoms with Crippen molar-refractivity contribution in [3.63, 3.8) is 0 Å². The third-order valence-electron chi connectivity index (χ3n) is 2.60. The van der Waals surface area contributed by atoms with Crippen LogP contribution in [0.5, 0.6) is 0 Å². The van der Waals surface area contributed by atoms with E-state index < -0.39 is 30.7 Å². The standard InChI is InChI=1S/C14H12F6O3/c1-2-10(8-9-6-4-3-5-7-9)22-12(21)23-11(13(15,16)17)14(18,19)20/h2-7,10-11H,1,8H2/t10-/m1/s1. The molecule has 0 aliphatic carbocycles. The van der Waals surface area contributed by atoms with Crippen molar-refractivity contribution in [2.24, 2.45) is 0 Å². The Balaban J connectivity index is 2.71. The van der Waals surface area contributed by atoms with Gasteiger partial charge >= 0.3 is 18.5 Å². The van der Waals surface area contributed by atoms with Gasteiger partial charge in [-0.1, -0.05) is 43.0 Å². The molecule has 1 rings (SSSR count). The third kappa shape index (κ3) is 6.21. The van der Waals surface area contributed by atoms with Gasteiger partial charge in [-0.15, -0.1) is 0 Å². The van der Waals surface area contributed by atoms with Gasteiger partial charge in [0.15, 0.2) is 0 Å². The lowest BCUT2D eigenvalue weighted by atomic mass is 10.1. The largest absolute Gasteiger partial charge is 0.509 e. The van der Waals surface area contributed by atoms with Crippen molar-refractivity contribution in [1.82, 2.24) is 0 Å². The number of benzene rings is 1. The van der Waals surface area contributed by atoms with Gasteiger partial charge in [0.25, 0.3) is 6.10 Å². The van der Waals surface area contributed by atoms with Crippen molar-refractivity contribution in [3.8, 4) is 0 Å². The molecular formula is C14H12F6O3. The molecule has 23 heavy (non-hydrogen) atoms. The summed E-state index contributed by atoms with van der Waals surface area (Å²) in [4.78, 5) is 11.2. The van der Waals surface area contributed by atoms with Gasteiger partial charge in [0.2, 0.25) is 0 Å². The van der Waals surface area contributed by atoms with E-state index in [1.54, 1.807) is 30.3 Å². The number of hydrogen-bond acceptors (Lipinski definition) is 3. The van der Waals surface area contributed by atoms with E-state index >= 15 is 0 Å². The maximum Gasteiger partial charge on any atom is 0.509 e. The van der Waals surface area contributed by atoms with Crippen LogP contribution in [0.1, 0.15) is 5.56 Å². The van der Waals surface area contributed by atoms with Crippen LogP contribution in [0.15, 0.2) is 43.0 Å². The Labute approximate surface area is 127 Å². The normalized spacial score (nSPS) is 13.5. The molecule has 9 heteroatoms. The average molecular weight is 342 g/mol. The molecule has 0 fully saturated rings. The van der Waals surface area contributed by atoms with E-state index in [0.717, 1.165) is 6.08 Å². The summed E-state index contributed by atoms with van der Waals surface area (Å²) >= 11 is 0. The van der Waals surface area contributed by atoms with Crippen molar-refractivity contribution >= 4 is 6.16 Å². The maximum absolute atomic E-state index is 12.3. The Bertz CT molecular complexity index is 510. The van der Waals surface area contributed by atoms with Crippen molar-refractivity contribution < 1.29 is 40.6 Å². The zero-order valence-electron chi connectivity index (χ0n) is 11.5. The molecule has 3 nitrogen and oxygen atoms in total. The monoisotopic (exact) mass is 342 g/mol. The summed E-state index contributed by atoms with van der Waals surface area (Å²) in [5.74, 6) is 0. The van der Waals surface area contributed by atoms with Gasteiger partial charge < -0.3 is 9.47 Å². The number of halogens is 6. The molecule has 0 bridgehead atoms. The molecule has 0 amide bonds. The smallest absolute Gasteiger partial charge is 0.426 e. The summed E-state index contributed by atoms with van der Waals surface area (Å²) in [7, 11) is 0. The summed E-state index contributed by atoms with van der Waals surface area (Å²) in [5, 5.41) is 0. The summed E-state index contributed by atoms with van der Waals surface area (Å²) < 4.78 is 81.5. The fraction of sp³-hybridized carbons (Fsp3) is 0.357. The second-order valence-corrected chi connectivity index (χ2v) is 4.41. The molecule has 1 aromatic carbocycles. The Morgan fingerprint density at radius 3 is 2.00 bits per heavy atom. The second-order valence-electron chi connectivity index (χ2n) is 4.41. The zero-order chi connectivity index (χ0) is 17.7. The summed E-state index contributed by atoms with van der Waals surface area (Å²) in [6.45, 7) is 3.31. The molecule has 0 N–H and O–H groups in total. The average Bonchev–Trinajstić information content (AvgIpc) is 2.42. The molecule has 1 aromatic rings. The van der Waals surface area contributed by atoms with Crippen molar-refractivity contribution in [2.45, 2.75) is 31.0 Å². The first-order chi connectivity index (χ1) is 10.5. The summed E-state index contributed by atoms with van der Waals surface area (Å²) in [6, 6.07) is 8.31. The van der Waals surface area contributed by atoms with Gasteiger partial charge in [0.05, 0.1) is 0 Å². The van der Waals surface area contributed by atoms with Crippen LogP contribution in [-0.2, 0) is 15.9 Å². The number of ether oxygens (including phenoxy) is 2. The molecule has 0 saturated carbocycles. The van der Waals surface area contributed by atoms with E-state index in [0.29, 0.717) is 5.56 Å². The van der Waals surface area contributed by atoms with Gasteiger partial charge in [0, 0.05) is 6.42 Å². The van der Waals surface area contributed by atoms with Crippen molar-refractivity contribution in [3.05, 3.63) is 48.6 Å². The fourth-order valence-corrected chi connectivity index (χ4v) is 1.59. The Kier molecular flexibility index (Phi) is 6.05. The summed E-state index contributed by atoms with van der Waals surface area (Å²) in [6.07, 6.45) is -17.9. The highest BCUT2D eigenvalue weighted by Crippen LogP contribution is 2.35. The Morgan fingerprint density at radius 2 is 1.57 bits per heavy atom. The second kappa shape index (κ2) is 7.38. The lowest BCUT2D eigenvalue weighted by Gasteiger charge is -2.23. The van der Waals surface area contributed by atoms with E-state index in [2.05, 4.69) is 16.1 Å². The van der Waals surface area contributed by atoms with Crippen LogP contribution >= 0.6 is 0 Å².